The Morgan fingerprint density at radius 1 is 1.13 bits per heavy atom. The lowest BCUT2D eigenvalue weighted by Gasteiger charge is -2.11. The second-order valence-corrected chi connectivity index (χ2v) is 6.51. The molecule has 2 aromatic carbocycles. The average molecular weight is 410 g/mol. The van der Waals surface area contributed by atoms with E-state index in [0.29, 0.717) is 22.2 Å². The monoisotopic (exact) mass is 410 g/mol. The number of phenolic OH excluding ortho intramolecular Hbond substituents is 1. The maximum Gasteiger partial charge on any atom is 0.311 e. The summed E-state index contributed by atoms with van der Waals surface area (Å²) in [5, 5.41) is 21.1. The minimum absolute atomic E-state index is 0.278. The van der Waals surface area contributed by atoms with Gasteiger partial charge in [0.2, 0.25) is 0 Å². The molecule has 1 N–H and O–H groups in total. The number of terminal acetylenes is 1. The zero-order valence-electron chi connectivity index (χ0n) is 16.0. The summed E-state index contributed by atoms with van der Waals surface area (Å²) in [5.41, 5.74) is 1.22. The van der Waals surface area contributed by atoms with Gasteiger partial charge in [0.25, 0.3) is 5.56 Å². The van der Waals surface area contributed by atoms with Crippen molar-refractivity contribution in [3.8, 4) is 23.8 Å². The molecule has 0 saturated carbocycles. The third kappa shape index (κ3) is 3.75. The Morgan fingerprint density at radius 2 is 1.90 bits per heavy atom. The Labute approximate surface area is 175 Å². The SMILES string of the molecule is C#Cc1ccc(-n2c(C=Cc3ccc(O)c([N+](=O)[O-])c3)nc3ncccc3c2=O)cc1. The van der Waals surface area contributed by atoms with Gasteiger partial charge in [-0.2, -0.15) is 0 Å². The van der Waals surface area contributed by atoms with E-state index in [1.807, 2.05) is 0 Å². The van der Waals surface area contributed by atoms with Gasteiger partial charge < -0.3 is 5.11 Å². The second kappa shape index (κ2) is 7.93. The number of aromatic nitrogens is 3. The van der Waals surface area contributed by atoms with Gasteiger partial charge in [-0.05, 0) is 54.1 Å². The van der Waals surface area contributed by atoms with Crippen molar-refractivity contribution < 1.29 is 10.0 Å². The predicted molar refractivity (Wildman–Crippen MR) is 117 cm³/mol. The minimum atomic E-state index is -0.673. The summed E-state index contributed by atoms with van der Waals surface area (Å²) in [5.74, 6) is 2.38. The molecule has 2 heterocycles. The Hall–Kier alpha value is -4.77. The van der Waals surface area contributed by atoms with E-state index < -0.39 is 16.4 Å². The van der Waals surface area contributed by atoms with Crippen molar-refractivity contribution in [2.24, 2.45) is 0 Å². The fourth-order valence-corrected chi connectivity index (χ4v) is 3.07. The summed E-state index contributed by atoms with van der Waals surface area (Å²) in [6.07, 6.45) is 10.1. The summed E-state index contributed by atoms with van der Waals surface area (Å²) in [6, 6.07) is 14.1. The molecule has 8 nitrogen and oxygen atoms in total. The maximum atomic E-state index is 13.2. The summed E-state index contributed by atoms with van der Waals surface area (Å²) >= 11 is 0. The van der Waals surface area contributed by atoms with Crippen LogP contribution in [0, 0.1) is 22.5 Å². The van der Waals surface area contributed by atoms with Gasteiger partial charge in [0.1, 0.15) is 5.82 Å². The van der Waals surface area contributed by atoms with Crippen LogP contribution in [0.3, 0.4) is 0 Å². The minimum Gasteiger partial charge on any atom is -0.502 e. The second-order valence-electron chi connectivity index (χ2n) is 6.51. The van der Waals surface area contributed by atoms with Crippen LogP contribution in [0.1, 0.15) is 17.0 Å². The molecule has 0 aliphatic heterocycles. The van der Waals surface area contributed by atoms with Crippen molar-refractivity contribution >= 4 is 28.9 Å². The van der Waals surface area contributed by atoms with Crippen LogP contribution in [-0.4, -0.2) is 24.6 Å². The number of benzene rings is 2. The van der Waals surface area contributed by atoms with Crippen molar-refractivity contribution in [1.82, 2.24) is 14.5 Å². The zero-order valence-corrected chi connectivity index (χ0v) is 16.0. The molecule has 4 rings (SSSR count). The van der Waals surface area contributed by atoms with Crippen LogP contribution in [0.2, 0.25) is 0 Å². The van der Waals surface area contributed by atoms with Gasteiger partial charge >= 0.3 is 5.69 Å². The quantitative estimate of drug-likeness (QED) is 0.313. The Morgan fingerprint density at radius 3 is 2.61 bits per heavy atom. The first kappa shape index (κ1) is 19.5. The number of nitrogens with zero attached hydrogens (tertiary/aromatic N) is 4. The number of nitro benzene ring substituents is 1. The number of pyridine rings is 1. The number of hydrogen-bond acceptors (Lipinski definition) is 6. The van der Waals surface area contributed by atoms with E-state index in [4.69, 9.17) is 6.42 Å². The Bertz CT molecular complexity index is 1450. The highest BCUT2D eigenvalue weighted by atomic mass is 16.6. The van der Waals surface area contributed by atoms with Crippen molar-refractivity contribution in [2.75, 3.05) is 0 Å². The van der Waals surface area contributed by atoms with Gasteiger partial charge in [0, 0.05) is 17.8 Å². The highest BCUT2D eigenvalue weighted by molar-refractivity contribution is 5.77. The lowest BCUT2D eigenvalue weighted by Crippen LogP contribution is -2.22. The first-order valence-electron chi connectivity index (χ1n) is 9.08. The van der Waals surface area contributed by atoms with Crippen LogP contribution in [0.25, 0.3) is 28.9 Å². The molecule has 0 unspecified atom stereocenters. The van der Waals surface area contributed by atoms with Crippen LogP contribution in [-0.2, 0) is 0 Å². The van der Waals surface area contributed by atoms with Crippen LogP contribution >= 0.6 is 0 Å². The number of nitro groups is 1. The molecule has 31 heavy (non-hydrogen) atoms. The van der Waals surface area contributed by atoms with E-state index in [1.54, 1.807) is 48.6 Å². The van der Waals surface area contributed by atoms with Gasteiger partial charge in [-0.1, -0.05) is 18.1 Å². The first-order chi connectivity index (χ1) is 15.0. The van der Waals surface area contributed by atoms with Gasteiger partial charge in [0.15, 0.2) is 11.4 Å². The van der Waals surface area contributed by atoms with E-state index in [2.05, 4.69) is 15.9 Å². The molecule has 0 amide bonds. The standard InChI is InChI=1S/C23H14N4O4/c1-2-15-5-9-17(10-6-15)26-21(25-22-18(23(26)29)4-3-13-24-22)12-8-16-7-11-20(28)19(14-16)27(30)31/h1,3-14,28H. The fourth-order valence-electron chi connectivity index (χ4n) is 3.07. The lowest BCUT2D eigenvalue weighted by molar-refractivity contribution is -0.385. The maximum absolute atomic E-state index is 13.2. The Kier molecular flexibility index (Phi) is 5.00. The van der Waals surface area contributed by atoms with E-state index in [0.717, 1.165) is 0 Å². The molecule has 2 aromatic heterocycles. The van der Waals surface area contributed by atoms with Crippen LogP contribution in [0.15, 0.2) is 65.6 Å². The highest BCUT2D eigenvalue weighted by Gasteiger charge is 2.14. The van der Waals surface area contributed by atoms with Crippen LogP contribution in [0.5, 0.6) is 5.75 Å². The van der Waals surface area contributed by atoms with Gasteiger partial charge in [-0.25, -0.2) is 9.97 Å². The number of fused-ring (bicyclic) bond motifs is 1. The highest BCUT2D eigenvalue weighted by Crippen LogP contribution is 2.27. The average Bonchev–Trinajstić information content (AvgIpc) is 2.78. The fraction of sp³-hybridized carbons (Fsp3) is 0. The molecule has 0 fully saturated rings. The normalized spacial score (nSPS) is 10.9. The van der Waals surface area contributed by atoms with Gasteiger partial charge in [0.05, 0.1) is 16.0 Å². The molecule has 0 spiro atoms. The van der Waals surface area contributed by atoms with E-state index in [1.165, 1.54) is 29.0 Å². The molecular weight excluding hydrogens is 396 g/mol. The zero-order chi connectivity index (χ0) is 22.0. The smallest absolute Gasteiger partial charge is 0.311 e. The summed E-state index contributed by atoms with van der Waals surface area (Å²) in [7, 11) is 0. The largest absolute Gasteiger partial charge is 0.502 e. The third-order valence-electron chi connectivity index (χ3n) is 4.58. The van der Waals surface area contributed by atoms with Crippen molar-refractivity contribution in [2.45, 2.75) is 0 Å². The molecule has 0 aliphatic carbocycles. The van der Waals surface area contributed by atoms with E-state index in [-0.39, 0.29) is 17.0 Å². The summed E-state index contributed by atoms with van der Waals surface area (Å²) in [6.45, 7) is 0. The molecule has 0 radical (unpaired) electrons. The molecular formula is C23H14N4O4. The predicted octanol–water partition coefficient (Wildman–Crippen LogP) is 3.55. The first-order valence-corrected chi connectivity index (χ1v) is 9.08. The number of phenols is 1. The van der Waals surface area contributed by atoms with Crippen molar-refractivity contribution in [1.29, 1.82) is 0 Å². The number of hydrogen-bond donors (Lipinski definition) is 1. The van der Waals surface area contributed by atoms with E-state index >= 15 is 0 Å². The number of rotatable bonds is 4. The molecule has 4 aromatic rings. The molecule has 0 bridgehead atoms. The number of aromatic hydroxyl groups is 1. The van der Waals surface area contributed by atoms with Crippen LogP contribution in [0.4, 0.5) is 5.69 Å². The van der Waals surface area contributed by atoms with Crippen molar-refractivity contribution in [3.63, 3.8) is 0 Å². The Balaban J connectivity index is 1.89. The van der Waals surface area contributed by atoms with Gasteiger partial charge in [-0.3, -0.25) is 19.5 Å². The van der Waals surface area contributed by atoms with Crippen LogP contribution < -0.4 is 5.56 Å². The summed E-state index contributed by atoms with van der Waals surface area (Å²) in [4.78, 5) is 32.2. The van der Waals surface area contributed by atoms with Gasteiger partial charge in [-0.15, -0.1) is 6.42 Å². The molecule has 0 saturated heterocycles. The van der Waals surface area contributed by atoms with Crippen molar-refractivity contribution in [3.05, 3.63) is 98.2 Å². The topological polar surface area (TPSA) is 111 Å². The lowest BCUT2D eigenvalue weighted by atomic mass is 10.1. The summed E-state index contributed by atoms with van der Waals surface area (Å²) < 4.78 is 1.41. The third-order valence-corrected chi connectivity index (χ3v) is 4.58. The van der Waals surface area contributed by atoms with E-state index in [9.17, 15) is 20.0 Å². The molecule has 8 heteroatoms. The molecule has 0 aliphatic rings. The molecule has 150 valence electrons. The molecule has 0 atom stereocenters.